The molecule has 3 N–H and O–H groups in total. The average Bonchev–Trinajstić information content (AvgIpc) is 2.42. The quantitative estimate of drug-likeness (QED) is 0.703. The van der Waals surface area contributed by atoms with E-state index in [4.69, 9.17) is 0 Å². The molecule has 0 unspecified atom stereocenters. The van der Waals surface area contributed by atoms with E-state index < -0.39 is 0 Å². The van der Waals surface area contributed by atoms with Crippen molar-refractivity contribution in [1.82, 2.24) is 15.6 Å². The fraction of sp³-hybridized carbons (Fsp3) is 0.462. The molecular weight excluding hydrogens is 244 g/mol. The molecular formula is C13H20N4O2. The molecule has 0 aliphatic heterocycles. The summed E-state index contributed by atoms with van der Waals surface area (Å²) in [7, 11) is 1.76. The van der Waals surface area contributed by atoms with Crippen molar-refractivity contribution < 1.29 is 9.59 Å². The first-order valence-corrected chi connectivity index (χ1v) is 6.21. The summed E-state index contributed by atoms with van der Waals surface area (Å²) in [5, 5.41) is 8.18. The molecule has 0 saturated carbocycles. The van der Waals surface area contributed by atoms with Gasteiger partial charge in [0.15, 0.2) is 0 Å². The molecule has 0 aliphatic rings. The van der Waals surface area contributed by atoms with Crippen LogP contribution >= 0.6 is 0 Å². The number of anilines is 1. The minimum absolute atomic E-state index is 0.0446. The summed E-state index contributed by atoms with van der Waals surface area (Å²) in [5.41, 5.74) is 1.08. The highest BCUT2D eigenvalue weighted by Gasteiger charge is 2.09. The van der Waals surface area contributed by atoms with Crippen LogP contribution < -0.4 is 16.0 Å². The fourth-order valence-electron chi connectivity index (χ4n) is 1.34. The molecule has 0 bridgehead atoms. The van der Waals surface area contributed by atoms with Crippen molar-refractivity contribution >= 4 is 17.5 Å². The zero-order valence-electron chi connectivity index (χ0n) is 11.5. The summed E-state index contributed by atoms with van der Waals surface area (Å²) in [6.45, 7) is 4.57. The summed E-state index contributed by atoms with van der Waals surface area (Å²) in [6, 6.07) is 3.38. The lowest BCUT2D eigenvalue weighted by Crippen LogP contribution is -2.38. The third-order valence-electron chi connectivity index (χ3n) is 2.40. The average molecular weight is 264 g/mol. The third kappa shape index (κ3) is 5.37. The molecule has 0 radical (unpaired) electrons. The van der Waals surface area contributed by atoms with Gasteiger partial charge in [-0.15, -0.1) is 0 Å². The zero-order chi connectivity index (χ0) is 14.3. The number of carbonyl (C=O) groups excluding carboxylic acids is 2. The summed E-state index contributed by atoms with van der Waals surface area (Å²) in [4.78, 5) is 27.2. The van der Waals surface area contributed by atoms with Crippen LogP contribution in [0.2, 0.25) is 0 Å². The summed E-state index contributed by atoms with van der Waals surface area (Å²) in [5.74, 6) is -0.183. The Hall–Kier alpha value is -2.11. The lowest BCUT2D eigenvalue weighted by Gasteiger charge is -2.08. The van der Waals surface area contributed by atoms with Crippen molar-refractivity contribution in [3.8, 4) is 0 Å². The van der Waals surface area contributed by atoms with E-state index in [1.165, 1.54) is 0 Å². The first-order valence-electron chi connectivity index (χ1n) is 6.21. The minimum Gasteiger partial charge on any atom is -0.388 e. The number of hydrogen-bond donors (Lipinski definition) is 3. The smallest absolute Gasteiger partial charge is 0.270 e. The summed E-state index contributed by atoms with van der Waals surface area (Å²) in [6.07, 6.45) is 1.54. The van der Waals surface area contributed by atoms with Crippen LogP contribution in [0, 0.1) is 5.92 Å². The van der Waals surface area contributed by atoms with Crippen molar-refractivity contribution in [1.29, 1.82) is 0 Å². The van der Waals surface area contributed by atoms with Gasteiger partial charge in [0.1, 0.15) is 5.69 Å². The molecule has 104 valence electrons. The Morgan fingerprint density at radius 2 is 2.05 bits per heavy atom. The summed E-state index contributed by atoms with van der Waals surface area (Å²) >= 11 is 0. The van der Waals surface area contributed by atoms with E-state index in [2.05, 4.69) is 20.9 Å². The topological polar surface area (TPSA) is 83.1 Å². The molecule has 2 amide bonds. The molecule has 6 heteroatoms. The van der Waals surface area contributed by atoms with Gasteiger partial charge in [0.2, 0.25) is 5.91 Å². The molecule has 1 heterocycles. The van der Waals surface area contributed by atoms with Crippen LogP contribution in [0.15, 0.2) is 18.3 Å². The van der Waals surface area contributed by atoms with Crippen LogP contribution in [-0.4, -0.2) is 36.9 Å². The van der Waals surface area contributed by atoms with Crippen molar-refractivity contribution in [3.05, 3.63) is 24.0 Å². The van der Waals surface area contributed by atoms with Gasteiger partial charge in [-0.25, -0.2) is 0 Å². The Morgan fingerprint density at radius 1 is 1.32 bits per heavy atom. The van der Waals surface area contributed by atoms with Gasteiger partial charge in [-0.05, 0) is 18.1 Å². The molecule has 0 aliphatic carbocycles. The van der Waals surface area contributed by atoms with Gasteiger partial charge in [0, 0.05) is 25.5 Å². The van der Waals surface area contributed by atoms with Crippen molar-refractivity contribution in [3.63, 3.8) is 0 Å². The number of carbonyl (C=O) groups is 2. The number of amides is 2. The van der Waals surface area contributed by atoms with E-state index in [1.54, 1.807) is 25.4 Å². The largest absolute Gasteiger partial charge is 0.388 e. The molecule has 0 atom stereocenters. The Kier molecular flexibility index (Phi) is 5.78. The third-order valence-corrected chi connectivity index (χ3v) is 2.40. The second kappa shape index (κ2) is 7.35. The maximum Gasteiger partial charge on any atom is 0.270 e. The van der Waals surface area contributed by atoms with Crippen molar-refractivity contribution in [2.24, 2.45) is 5.92 Å². The number of aromatic nitrogens is 1. The maximum atomic E-state index is 11.8. The molecule has 0 fully saturated rings. The number of nitrogens with one attached hydrogen (secondary N) is 3. The Labute approximate surface area is 113 Å². The number of hydrogen-bond acceptors (Lipinski definition) is 4. The van der Waals surface area contributed by atoms with E-state index in [9.17, 15) is 9.59 Å². The van der Waals surface area contributed by atoms with Gasteiger partial charge >= 0.3 is 0 Å². The lowest BCUT2D eigenvalue weighted by atomic mass is 10.2. The van der Waals surface area contributed by atoms with E-state index in [0.717, 1.165) is 5.69 Å². The van der Waals surface area contributed by atoms with Gasteiger partial charge in [-0.1, -0.05) is 13.8 Å². The number of nitrogens with zero attached hydrogens (tertiary/aromatic N) is 1. The first-order chi connectivity index (χ1) is 9.02. The Morgan fingerprint density at radius 3 is 2.68 bits per heavy atom. The monoisotopic (exact) mass is 264 g/mol. The maximum absolute atomic E-state index is 11.8. The number of pyridine rings is 1. The standard InChI is InChI=1S/C13H20N4O2/c1-9(2)7-16-12(18)8-17-13(19)11-6-10(14-3)4-5-15-11/h4-6,9H,7-8H2,1-3H3,(H,14,15)(H,16,18)(H,17,19). The molecule has 0 spiro atoms. The SMILES string of the molecule is CNc1ccnc(C(=O)NCC(=O)NCC(C)C)c1. The van der Waals surface area contributed by atoms with E-state index >= 15 is 0 Å². The van der Waals surface area contributed by atoms with Crippen LogP contribution in [0.5, 0.6) is 0 Å². The minimum atomic E-state index is -0.364. The molecule has 0 saturated heterocycles. The second-order valence-electron chi connectivity index (χ2n) is 4.56. The van der Waals surface area contributed by atoms with Crippen LogP contribution in [0.3, 0.4) is 0 Å². The Bertz CT molecular complexity index is 446. The van der Waals surface area contributed by atoms with Gasteiger partial charge in [-0.3, -0.25) is 14.6 Å². The highest BCUT2D eigenvalue weighted by molar-refractivity contribution is 5.95. The van der Waals surface area contributed by atoms with Crippen LogP contribution in [0.1, 0.15) is 24.3 Å². The molecule has 6 nitrogen and oxygen atoms in total. The molecule has 0 aromatic carbocycles. The Balaban J connectivity index is 2.44. The van der Waals surface area contributed by atoms with Crippen molar-refractivity contribution in [2.75, 3.05) is 25.5 Å². The van der Waals surface area contributed by atoms with Gasteiger partial charge in [0.25, 0.3) is 5.91 Å². The molecule has 1 aromatic heterocycles. The van der Waals surface area contributed by atoms with E-state index in [0.29, 0.717) is 12.5 Å². The fourth-order valence-corrected chi connectivity index (χ4v) is 1.34. The zero-order valence-corrected chi connectivity index (χ0v) is 11.5. The normalized spacial score (nSPS) is 10.1. The van der Waals surface area contributed by atoms with Crippen LogP contribution in [-0.2, 0) is 4.79 Å². The highest BCUT2D eigenvalue weighted by atomic mass is 16.2. The first kappa shape index (κ1) is 14.9. The summed E-state index contributed by atoms with van der Waals surface area (Å²) < 4.78 is 0. The van der Waals surface area contributed by atoms with Crippen LogP contribution in [0.4, 0.5) is 5.69 Å². The number of rotatable bonds is 6. The molecule has 1 aromatic rings. The van der Waals surface area contributed by atoms with Crippen molar-refractivity contribution in [2.45, 2.75) is 13.8 Å². The van der Waals surface area contributed by atoms with Gasteiger partial charge < -0.3 is 16.0 Å². The predicted molar refractivity (Wildman–Crippen MR) is 74.0 cm³/mol. The highest BCUT2D eigenvalue weighted by Crippen LogP contribution is 2.06. The molecule has 1 rings (SSSR count). The predicted octanol–water partition coefficient (Wildman–Crippen LogP) is 0.625. The van der Waals surface area contributed by atoms with Gasteiger partial charge in [0.05, 0.1) is 6.54 Å². The second-order valence-corrected chi connectivity index (χ2v) is 4.56. The molecule has 19 heavy (non-hydrogen) atoms. The van der Waals surface area contributed by atoms with Crippen LogP contribution in [0.25, 0.3) is 0 Å². The van der Waals surface area contributed by atoms with E-state index in [1.807, 2.05) is 13.8 Å². The lowest BCUT2D eigenvalue weighted by molar-refractivity contribution is -0.120. The van der Waals surface area contributed by atoms with Gasteiger partial charge in [-0.2, -0.15) is 0 Å². The van der Waals surface area contributed by atoms with E-state index in [-0.39, 0.29) is 24.1 Å².